The molecule has 0 spiro atoms. The lowest BCUT2D eigenvalue weighted by Crippen LogP contribution is -2.39. The van der Waals surface area contributed by atoms with Crippen molar-refractivity contribution < 1.29 is 9.59 Å². The van der Waals surface area contributed by atoms with Gasteiger partial charge < -0.3 is 15.1 Å². The van der Waals surface area contributed by atoms with Gasteiger partial charge in [0.1, 0.15) is 0 Å². The van der Waals surface area contributed by atoms with Crippen LogP contribution >= 0.6 is 11.3 Å². The van der Waals surface area contributed by atoms with E-state index in [9.17, 15) is 9.59 Å². The smallest absolute Gasteiger partial charge is 0.321 e. The number of thiophene rings is 1. The number of aryl methyl sites for hydroxylation is 1. The van der Waals surface area contributed by atoms with E-state index in [4.69, 9.17) is 0 Å². The molecule has 5 nitrogen and oxygen atoms in total. The first-order chi connectivity index (χ1) is 11.6. The Bertz CT molecular complexity index is 715. The number of carbonyl (C=O) groups excluding carboxylic acids is 2. The van der Waals surface area contributed by atoms with Crippen molar-refractivity contribution in [1.29, 1.82) is 0 Å². The predicted molar refractivity (Wildman–Crippen MR) is 96.6 cm³/mol. The van der Waals surface area contributed by atoms with Gasteiger partial charge in [0.05, 0.1) is 5.56 Å². The van der Waals surface area contributed by atoms with E-state index >= 15 is 0 Å². The molecule has 1 fully saturated rings. The molecular formula is C18H21N3O2S. The summed E-state index contributed by atoms with van der Waals surface area (Å²) >= 11 is 1.52. The number of hydrogen-bond donors (Lipinski definition) is 1. The molecule has 0 radical (unpaired) electrons. The highest BCUT2D eigenvalue weighted by atomic mass is 32.1. The second-order valence-electron chi connectivity index (χ2n) is 5.89. The fourth-order valence-electron chi connectivity index (χ4n) is 2.80. The van der Waals surface area contributed by atoms with Crippen LogP contribution in [-0.4, -0.2) is 47.9 Å². The lowest BCUT2D eigenvalue weighted by atomic mass is 10.2. The average Bonchev–Trinajstić information content (AvgIpc) is 3.00. The van der Waals surface area contributed by atoms with Crippen molar-refractivity contribution in [3.63, 3.8) is 0 Å². The number of carbonyl (C=O) groups is 2. The van der Waals surface area contributed by atoms with Crippen molar-refractivity contribution in [1.82, 2.24) is 9.80 Å². The summed E-state index contributed by atoms with van der Waals surface area (Å²) in [5, 5.41) is 6.75. The van der Waals surface area contributed by atoms with Crippen LogP contribution in [-0.2, 0) is 0 Å². The Balaban J connectivity index is 1.60. The van der Waals surface area contributed by atoms with Crippen LogP contribution in [0.15, 0.2) is 41.1 Å². The zero-order chi connectivity index (χ0) is 16.9. The molecule has 1 aromatic carbocycles. The van der Waals surface area contributed by atoms with Gasteiger partial charge in [0.25, 0.3) is 5.91 Å². The van der Waals surface area contributed by atoms with E-state index in [-0.39, 0.29) is 11.9 Å². The van der Waals surface area contributed by atoms with E-state index in [1.807, 2.05) is 52.9 Å². The number of urea groups is 1. The Morgan fingerprint density at radius 2 is 1.79 bits per heavy atom. The zero-order valence-corrected chi connectivity index (χ0v) is 14.5. The van der Waals surface area contributed by atoms with Crippen LogP contribution in [0.25, 0.3) is 0 Å². The summed E-state index contributed by atoms with van der Waals surface area (Å²) in [5.41, 5.74) is 2.60. The van der Waals surface area contributed by atoms with Crippen molar-refractivity contribution in [2.75, 3.05) is 31.5 Å². The lowest BCUT2D eigenvalue weighted by Gasteiger charge is -2.22. The molecule has 24 heavy (non-hydrogen) atoms. The van der Waals surface area contributed by atoms with Gasteiger partial charge in [-0.15, -0.1) is 0 Å². The molecule has 1 aromatic heterocycles. The van der Waals surface area contributed by atoms with Crippen LogP contribution < -0.4 is 5.32 Å². The molecule has 1 N–H and O–H groups in total. The SMILES string of the molecule is Cc1ccccc1NC(=O)N1CCCN(C(=O)c2ccsc2)CC1. The Morgan fingerprint density at radius 3 is 2.54 bits per heavy atom. The number of nitrogens with zero attached hydrogens (tertiary/aromatic N) is 2. The van der Waals surface area contributed by atoms with Crippen molar-refractivity contribution in [3.05, 3.63) is 52.2 Å². The number of nitrogens with one attached hydrogen (secondary N) is 1. The highest BCUT2D eigenvalue weighted by molar-refractivity contribution is 7.08. The summed E-state index contributed by atoms with van der Waals surface area (Å²) in [7, 11) is 0. The van der Waals surface area contributed by atoms with Crippen LogP contribution in [0.1, 0.15) is 22.3 Å². The van der Waals surface area contributed by atoms with E-state index in [1.54, 1.807) is 4.90 Å². The number of benzene rings is 1. The maximum absolute atomic E-state index is 12.5. The quantitative estimate of drug-likeness (QED) is 0.908. The Labute approximate surface area is 145 Å². The zero-order valence-electron chi connectivity index (χ0n) is 13.7. The van der Waals surface area contributed by atoms with Gasteiger partial charge in [-0.1, -0.05) is 18.2 Å². The topological polar surface area (TPSA) is 52.7 Å². The number of para-hydroxylation sites is 1. The monoisotopic (exact) mass is 343 g/mol. The van der Waals surface area contributed by atoms with Crippen LogP contribution in [0.2, 0.25) is 0 Å². The first kappa shape index (κ1) is 16.5. The predicted octanol–water partition coefficient (Wildman–Crippen LogP) is 3.44. The maximum atomic E-state index is 12.5. The molecule has 1 aliphatic rings. The second kappa shape index (κ2) is 7.49. The van der Waals surface area contributed by atoms with Gasteiger partial charge in [-0.05, 0) is 36.4 Å². The minimum atomic E-state index is -0.103. The fourth-order valence-corrected chi connectivity index (χ4v) is 3.43. The fraction of sp³-hybridized carbons (Fsp3) is 0.333. The molecule has 6 heteroatoms. The molecule has 2 heterocycles. The molecule has 0 unspecified atom stereocenters. The van der Waals surface area contributed by atoms with Gasteiger partial charge in [0.2, 0.25) is 0 Å². The molecule has 1 saturated heterocycles. The number of anilines is 1. The summed E-state index contributed by atoms with van der Waals surface area (Å²) in [6.07, 6.45) is 0.789. The second-order valence-corrected chi connectivity index (χ2v) is 6.67. The molecule has 126 valence electrons. The number of hydrogen-bond acceptors (Lipinski definition) is 3. The highest BCUT2D eigenvalue weighted by Crippen LogP contribution is 2.16. The maximum Gasteiger partial charge on any atom is 0.321 e. The molecule has 0 bridgehead atoms. The Kier molecular flexibility index (Phi) is 5.15. The Hall–Kier alpha value is -2.34. The minimum Gasteiger partial charge on any atom is -0.337 e. The first-order valence-corrected chi connectivity index (χ1v) is 9.02. The van der Waals surface area contributed by atoms with Crippen molar-refractivity contribution >= 4 is 29.0 Å². The third kappa shape index (κ3) is 3.76. The molecule has 0 aliphatic carbocycles. The molecule has 3 amide bonds. The van der Waals surface area contributed by atoms with Gasteiger partial charge in [-0.2, -0.15) is 11.3 Å². The minimum absolute atomic E-state index is 0.0532. The van der Waals surface area contributed by atoms with E-state index in [0.717, 1.165) is 23.2 Å². The van der Waals surface area contributed by atoms with Gasteiger partial charge in [0.15, 0.2) is 0 Å². The normalized spacial score (nSPS) is 15.0. The van der Waals surface area contributed by atoms with Gasteiger partial charge >= 0.3 is 6.03 Å². The van der Waals surface area contributed by atoms with Gasteiger partial charge in [-0.25, -0.2) is 4.79 Å². The third-order valence-electron chi connectivity index (χ3n) is 4.23. The molecule has 0 atom stereocenters. The van der Waals surface area contributed by atoms with Crippen molar-refractivity contribution in [2.24, 2.45) is 0 Å². The van der Waals surface area contributed by atoms with E-state index in [2.05, 4.69) is 5.32 Å². The van der Waals surface area contributed by atoms with Crippen molar-refractivity contribution in [3.8, 4) is 0 Å². The molecule has 3 rings (SSSR count). The van der Waals surface area contributed by atoms with E-state index < -0.39 is 0 Å². The number of rotatable bonds is 2. The summed E-state index contributed by atoms with van der Waals surface area (Å²) in [6, 6.07) is 9.48. The standard InChI is InChI=1S/C18H21N3O2S/c1-14-5-2-3-6-16(14)19-18(23)21-9-4-8-20(10-11-21)17(22)15-7-12-24-13-15/h2-3,5-7,12-13H,4,8-11H2,1H3,(H,19,23). The first-order valence-electron chi connectivity index (χ1n) is 8.08. The van der Waals surface area contributed by atoms with Crippen molar-refractivity contribution in [2.45, 2.75) is 13.3 Å². The van der Waals surface area contributed by atoms with Crippen LogP contribution in [0.4, 0.5) is 10.5 Å². The largest absolute Gasteiger partial charge is 0.337 e. The Morgan fingerprint density at radius 1 is 1.04 bits per heavy atom. The third-order valence-corrected chi connectivity index (χ3v) is 4.91. The van der Waals surface area contributed by atoms with Crippen LogP contribution in [0, 0.1) is 6.92 Å². The summed E-state index contributed by atoms with van der Waals surface area (Å²) in [5.74, 6) is 0.0532. The number of amides is 3. The van der Waals surface area contributed by atoms with E-state index in [1.165, 1.54) is 11.3 Å². The molecule has 1 aliphatic heterocycles. The van der Waals surface area contributed by atoms with E-state index in [0.29, 0.717) is 26.2 Å². The molecular weight excluding hydrogens is 322 g/mol. The van der Waals surface area contributed by atoms with Gasteiger partial charge in [0, 0.05) is 37.2 Å². The summed E-state index contributed by atoms with van der Waals surface area (Å²) in [6.45, 7) is 4.43. The molecule has 0 saturated carbocycles. The summed E-state index contributed by atoms with van der Waals surface area (Å²) < 4.78 is 0. The highest BCUT2D eigenvalue weighted by Gasteiger charge is 2.23. The molecule has 2 aromatic rings. The average molecular weight is 343 g/mol. The van der Waals surface area contributed by atoms with Crippen LogP contribution in [0.5, 0.6) is 0 Å². The lowest BCUT2D eigenvalue weighted by molar-refractivity contribution is 0.0763. The van der Waals surface area contributed by atoms with Crippen LogP contribution in [0.3, 0.4) is 0 Å². The summed E-state index contributed by atoms with van der Waals surface area (Å²) in [4.78, 5) is 28.6. The van der Waals surface area contributed by atoms with Gasteiger partial charge in [-0.3, -0.25) is 4.79 Å².